The van der Waals surface area contributed by atoms with E-state index in [2.05, 4.69) is 26.4 Å². The van der Waals surface area contributed by atoms with Crippen LogP contribution in [0.1, 0.15) is 17.9 Å². The van der Waals surface area contributed by atoms with Crippen molar-refractivity contribution < 1.29 is 4.42 Å². The zero-order valence-electron chi connectivity index (χ0n) is 13.1. The van der Waals surface area contributed by atoms with E-state index in [0.717, 1.165) is 30.9 Å². The molecule has 23 heavy (non-hydrogen) atoms. The van der Waals surface area contributed by atoms with Crippen LogP contribution < -0.4 is 0 Å². The smallest absolute Gasteiger partial charge is 0.257 e. The summed E-state index contributed by atoms with van der Waals surface area (Å²) in [6.07, 6.45) is 6.37. The second-order valence-corrected chi connectivity index (χ2v) is 7.04. The Morgan fingerprint density at radius 1 is 1.39 bits per heavy atom. The van der Waals surface area contributed by atoms with Crippen molar-refractivity contribution in [2.75, 3.05) is 13.1 Å². The van der Waals surface area contributed by atoms with Crippen molar-refractivity contribution in [3.8, 4) is 10.8 Å². The molecular weight excluding hydrogens is 310 g/mol. The Balaban J connectivity index is 1.33. The highest BCUT2D eigenvalue weighted by molar-refractivity contribution is 7.13. The second-order valence-electron chi connectivity index (χ2n) is 6.09. The highest BCUT2D eigenvalue weighted by Gasteiger charge is 2.24. The molecule has 7 heteroatoms. The van der Waals surface area contributed by atoms with Crippen molar-refractivity contribution in [3.63, 3.8) is 0 Å². The summed E-state index contributed by atoms with van der Waals surface area (Å²) in [7, 11) is 1.96. The molecule has 0 aromatic carbocycles. The van der Waals surface area contributed by atoms with E-state index in [1.807, 2.05) is 35.4 Å². The Bertz CT molecular complexity index is 763. The van der Waals surface area contributed by atoms with Gasteiger partial charge < -0.3 is 4.42 Å². The van der Waals surface area contributed by atoms with Crippen molar-refractivity contribution in [1.29, 1.82) is 0 Å². The van der Waals surface area contributed by atoms with E-state index < -0.39 is 0 Å². The van der Waals surface area contributed by atoms with E-state index in [4.69, 9.17) is 4.42 Å². The molecule has 0 spiro atoms. The molecule has 0 N–H and O–H groups in total. The van der Waals surface area contributed by atoms with Crippen LogP contribution in [-0.2, 0) is 20.0 Å². The van der Waals surface area contributed by atoms with Crippen LogP contribution in [0.3, 0.4) is 0 Å². The van der Waals surface area contributed by atoms with Crippen molar-refractivity contribution in [1.82, 2.24) is 24.9 Å². The molecule has 1 unspecified atom stereocenters. The molecule has 1 aliphatic heterocycles. The normalized spacial score (nSPS) is 18.7. The van der Waals surface area contributed by atoms with Gasteiger partial charge in [-0.25, -0.2) is 0 Å². The van der Waals surface area contributed by atoms with E-state index in [9.17, 15) is 0 Å². The second kappa shape index (κ2) is 6.25. The number of hydrogen-bond donors (Lipinski definition) is 0. The third-order valence-corrected chi connectivity index (χ3v) is 5.07. The lowest BCUT2D eigenvalue weighted by Crippen LogP contribution is -2.20. The molecule has 6 nitrogen and oxygen atoms in total. The Morgan fingerprint density at radius 3 is 3.13 bits per heavy atom. The van der Waals surface area contributed by atoms with Gasteiger partial charge in [0, 0.05) is 19.8 Å². The van der Waals surface area contributed by atoms with Gasteiger partial charge in [0.05, 0.1) is 17.6 Å². The van der Waals surface area contributed by atoms with E-state index >= 15 is 0 Å². The summed E-state index contributed by atoms with van der Waals surface area (Å²) in [6, 6.07) is 4.00. The SMILES string of the molecule is Cn1cc(CC2CCN(Cc3nnc(-c4cccs4)o3)C2)cn1. The molecule has 4 rings (SSSR count). The third-order valence-electron chi connectivity index (χ3n) is 4.21. The first-order valence-electron chi connectivity index (χ1n) is 7.82. The number of nitrogens with zero attached hydrogens (tertiary/aromatic N) is 5. The van der Waals surface area contributed by atoms with Gasteiger partial charge in [-0.3, -0.25) is 9.58 Å². The molecule has 0 aliphatic carbocycles. The molecule has 3 aromatic heterocycles. The average molecular weight is 329 g/mol. The van der Waals surface area contributed by atoms with Gasteiger partial charge in [0.1, 0.15) is 0 Å². The summed E-state index contributed by atoms with van der Waals surface area (Å²) >= 11 is 1.62. The van der Waals surface area contributed by atoms with Crippen LogP contribution in [0.15, 0.2) is 34.3 Å². The molecule has 0 amide bonds. The molecule has 0 radical (unpaired) electrons. The molecule has 120 valence electrons. The van der Waals surface area contributed by atoms with Crippen molar-refractivity contribution in [3.05, 3.63) is 41.4 Å². The van der Waals surface area contributed by atoms with E-state index in [0.29, 0.717) is 17.7 Å². The zero-order chi connectivity index (χ0) is 15.6. The average Bonchev–Trinajstić information content (AvgIpc) is 3.29. The number of aromatic nitrogens is 4. The van der Waals surface area contributed by atoms with E-state index in [-0.39, 0.29) is 0 Å². The van der Waals surface area contributed by atoms with Crippen LogP contribution >= 0.6 is 11.3 Å². The van der Waals surface area contributed by atoms with Gasteiger partial charge in [0.2, 0.25) is 5.89 Å². The van der Waals surface area contributed by atoms with Crippen LogP contribution in [0.4, 0.5) is 0 Å². The van der Waals surface area contributed by atoms with Crippen LogP contribution in [0, 0.1) is 5.92 Å². The van der Waals surface area contributed by atoms with Crippen LogP contribution in [0.5, 0.6) is 0 Å². The molecular formula is C16H19N5OS. The predicted octanol–water partition coefficient (Wildman–Crippen LogP) is 2.60. The quantitative estimate of drug-likeness (QED) is 0.720. The van der Waals surface area contributed by atoms with Crippen LogP contribution in [0.2, 0.25) is 0 Å². The predicted molar refractivity (Wildman–Crippen MR) is 87.9 cm³/mol. The molecule has 1 saturated heterocycles. The largest absolute Gasteiger partial charge is 0.419 e. The number of hydrogen-bond acceptors (Lipinski definition) is 6. The molecule has 1 aliphatic rings. The summed E-state index contributed by atoms with van der Waals surface area (Å²) in [5.41, 5.74) is 1.32. The lowest BCUT2D eigenvalue weighted by molar-refractivity contribution is 0.281. The Kier molecular flexibility index (Phi) is 3.97. The molecule has 3 aromatic rings. The maximum atomic E-state index is 5.78. The fraction of sp³-hybridized carbons (Fsp3) is 0.438. The van der Waals surface area contributed by atoms with Crippen molar-refractivity contribution in [2.45, 2.75) is 19.4 Å². The molecule has 4 heterocycles. The van der Waals surface area contributed by atoms with Gasteiger partial charge in [-0.15, -0.1) is 21.5 Å². The first-order valence-corrected chi connectivity index (χ1v) is 8.70. The topological polar surface area (TPSA) is 60.0 Å². The van der Waals surface area contributed by atoms with Crippen LogP contribution in [0.25, 0.3) is 10.8 Å². The van der Waals surface area contributed by atoms with Crippen molar-refractivity contribution >= 4 is 11.3 Å². The number of rotatable bonds is 5. The van der Waals surface area contributed by atoms with Gasteiger partial charge in [0.15, 0.2) is 0 Å². The monoisotopic (exact) mass is 329 g/mol. The highest BCUT2D eigenvalue weighted by atomic mass is 32.1. The lowest BCUT2D eigenvalue weighted by Gasteiger charge is -2.13. The molecule has 1 atom stereocenters. The summed E-state index contributed by atoms with van der Waals surface area (Å²) in [5, 5.41) is 14.6. The van der Waals surface area contributed by atoms with Gasteiger partial charge in [0.25, 0.3) is 5.89 Å². The Labute approximate surface area is 138 Å². The number of thiophene rings is 1. The minimum atomic E-state index is 0.626. The summed E-state index contributed by atoms with van der Waals surface area (Å²) in [5.74, 6) is 2.01. The summed E-state index contributed by atoms with van der Waals surface area (Å²) in [4.78, 5) is 3.42. The number of likely N-dealkylation sites (tertiary alicyclic amines) is 1. The zero-order valence-corrected chi connectivity index (χ0v) is 13.9. The first kappa shape index (κ1) is 14.6. The maximum Gasteiger partial charge on any atom is 0.257 e. The fourth-order valence-corrected chi connectivity index (χ4v) is 3.79. The minimum Gasteiger partial charge on any atom is -0.419 e. The summed E-state index contributed by atoms with van der Waals surface area (Å²) in [6.45, 7) is 2.90. The van der Waals surface area contributed by atoms with Crippen molar-refractivity contribution in [2.24, 2.45) is 13.0 Å². The third kappa shape index (κ3) is 3.35. The molecule has 1 fully saturated rings. The molecule has 0 saturated carbocycles. The fourth-order valence-electron chi connectivity index (χ4n) is 3.14. The Hall–Kier alpha value is -1.99. The van der Waals surface area contributed by atoms with E-state index in [1.165, 1.54) is 12.0 Å². The maximum absolute atomic E-state index is 5.78. The van der Waals surface area contributed by atoms with Gasteiger partial charge in [-0.1, -0.05) is 6.07 Å². The van der Waals surface area contributed by atoms with Gasteiger partial charge >= 0.3 is 0 Å². The van der Waals surface area contributed by atoms with Gasteiger partial charge in [-0.05, 0) is 42.3 Å². The minimum absolute atomic E-state index is 0.626. The lowest BCUT2D eigenvalue weighted by atomic mass is 10.0. The standard InChI is InChI=1S/C16H19N5OS/c1-20-9-13(8-17-20)7-12-4-5-21(10-12)11-15-18-19-16(22-15)14-3-2-6-23-14/h2-3,6,8-9,12H,4-5,7,10-11H2,1H3. The molecule has 0 bridgehead atoms. The summed E-state index contributed by atoms with van der Waals surface area (Å²) < 4.78 is 7.65. The highest BCUT2D eigenvalue weighted by Crippen LogP contribution is 2.25. The Morgan fingerprint density at radius 2 is 2.35 bits per heavy atom. The first-order chi connectivity index (χ1) is 11.3. The van der Waals surface area contributed by atoms with E-state index in [1.54, 1.807) is 11.3 Å². The van der Waals surface area contributed by atoms with Crippen LogP contribution in [-0.4, -0.2) is 38.0 Å². The number of aryl methyl sites for hydroxylation is 1. The van der Waals surface area contributed by atoms with Gasteiger partial charge in [-0.2, -0.15) is 5.10 Å².